The van der Waals surface area contributed by atoms with Crippen LogP contribution in [0.2, 0.25) is 0 Å². The van der Waals surface area contributed by atoms with Crippen LogP contribution in [0.4, 0.5) is 0 Å². The van der Waals surface area contributed by atoms with E-state index in [1.165, 1.54) is 0 Å². The van der Waals surface area contributed by atoms with Crippen LogP contribution in [0.3, 0.4) is 0 Å². The Morgan fingerprint density at radius 3 is 2.42 bits per heavy atom. The van der Waals surface area contributed by atoms with E-state index in [0.29, 0.717) is 19.8 Å². The Morgan fingerprint density at radius 1 is 1.00 bits per heavy atom. The highest BCUT2D eigenvalue weighted by Gasteiger charge is 2.09. The molecule has 4 heteroatoms. The average Bonchev–Trinajstić information content (AvgIpc) is 2.58. The fourth-order valence-corrected chi connectivity index (χ4v) is 2.49. The average molecular weight is 327 g/mol. The summed E-state index contributed by atoms with van der Waals surface area (Å²) in [5.41, 5.74) is 2.81. The summed E-state index contributed by atoms with van der Waals surface area (Å²) in [5.74, 6) is 1.47. The lowest BCUT2D eigenvalue weighted by atomic mass is 10.1. The van der Waals surface area contributed by atoms with Crippen molar-refractivity contribution in [3.8, 4) is 11.5 Å². The summed E-state index contributed by atoms with van der Waals surface area (Å²) in [7, 11) is 0. The first-order valence-electron chi connectivity index (χ1n) is 8.38. The first-order chi connectivity index (χ1) is 11.7. The second-order valence-electron chi connectivity index (χ2n) is 5.47. The van der Waals surface area contributed by atoms with Crippen molar-refractivity contribution in [2.45, 2.75) is 27.2 Å². The molecule has 0 bridgehead atoms. The minimum atomic E-state index is -0.0379. The van der Waals surface area contributed by atoms with Crippen molar-refractivity contribution in [2.24, 2.45) is 0 Å². The maximum absolute atomic E-state index is 12.2. The molecule has 2 aromatic carbocycles. The number of hydrogen-bond acceptors (Lipinski definition) is 3. The third-order valence-corrected chi connectivity index (χ3v) is 3.70. The Bertz CT molecular complexity index is 682. The summed E-state index contributed by atoms with van der Waals surface area (Å²) in [5, 5.41) is 2.97. The highest BCUT2D eigenvalue weighted by atomic mass is 16.5. The molecule has 0 atom stereocenters. The van der Waals surface area contributed by atoms with Crippen molar-refractivity contribution in [1.29, 1.82) is 0 Å². The minimum absolute atomic E-state index is 0.0379. The zero-order chi connectivity index (χ0) is 17.4. The predicted molar refractivity (Wildman–Crippen MR) is 96.0 cm³/mol. The number of aryl methyl sites for hydroxylation is 1. The topological polar surface area (TPSA) is 47.6 Å². The van der Waals surface area contributed by atoms with E-state index >= 15 is 0 Å². The van der Waals surface area contributed by atoms with Crippen molar-refractivity contribution in [3.05, 3.63) is 59.2 Å². The van der Waals surface area contributed by atoms with Crippen LogP contribution in [0.15, 0.2) is 42.5 Å². The summed E-state index contributed by atoms with van der Waals surface area (Å²) in [4.78, 5) is 12.2. The predicted octanol–water partition coefficient (Wildman–Crippen LogP) is 3.76. The fourth-order valence-electron chi connectivity index (χ4n) is 2.49. The summed E-state index contributed by atoms with van der Waals surface area (Å²) in [6.45, 7) is 7.61. The molecule has 0 radical (unpaired) electrons. The molecule has 0 aromatic heterocycles. The zero-order valence-electron chi connectivity index (χ0n) is 14.6. The molecule has 0 unspecified atom stereocenters. The molecule has 1 amide bonds. The van der Waals surface area contributed by atoms with Gasteiger partial charge < -0.3 is 14.8 Å². The van der Waals surface area contributed by atoms with Crippen LogP contribution in [-0.2, 0) is 6.42 Å². The normalized spacial score (nSPS) is 10.3. The number of carbonyl (C=O) groups is 1. The van der Waals surface area contributed by atoms with Gasteiger partial charge in [-0.15, -0.1) is 0 Å². The van der Waals surface area contributed by atoms with Gasteiger partial charge in [0.1, 0.15) is 0 Å². The van der Waals surface area contributed by atoms with Gasteiger partial charge in [-0.3, -0.25) is 4.79 Å². The van der Waals surface area contributed by atoms with Crippen LogP contribution in [-0.4, -0.2) is 25.7 Å². The Balaban J connectivity index is 1.95. The number of amides is 1. The molecule has 2 aromatic rings. The van der Waals surface area contributed by atoms with Crippen molar-refractivity contribution in [2.75, 3.05) is 19.8 Å². The number of benzene rings is 2. The van der Waals surface area contributed by atoms with Gasteiger partial charge in [0.05, 0.1) is 13.2 Å². The Labute approximate surface area is 143 Å². The Hall–Kier alpha value is -2.49. The number of rotatable bonds is 8. The fraction of sp³-hybridized carbons (Fsp3) is 0.350. The molecule has 0 saturated carbocycles. The molecule has 0 aliphatic heterocycles. The molecular weight excluding hydrogens is 302 g/mol. The molecule has 0 spiro atoms. The van der Waals surface area contributed by atoms with Gasteiger partial charge in [-0.1, -0.05) is 24.3 Å². The smallest absolute Gasteiger partial charge is 0.251 e. The summed E-state index contributed by atoms with van der Waals surface area (Å²) in [6, 6.07) is 13.5. The van der Waals surface area contributed by atoms with Gasteiger partial charge in [0.2, 0.25) is 0 Å². The van der Waals surface area contributed by atoms with Crippen LogP contribution in [0, 0.1) is 6.92 Å². The first kappa shape index (κ1) is 17.9. The van der Waals surface area contributed by atoms with E-state index < -0.39 is 0 Å². The lowest BCUT2D eigenvalue weighted by molar-refractivity contribution is 0.0953. The molecule has 0 aliphatic rings. The number of carbonyl (C=O) groups excluding carboxylic acids is 1. The Morgan fingerprint density at radius 2 is 1.71 bits per heavy atom. The van der Waals surface area contributed by atoms with Gasteiger partial charge in [-0.2, -0.15) is 0 Å². The van der Waals surface area contributed by atoms with E-state index in [4.69, 9.17) is 9.47 Å². The molecule has 128 valence electrons. The van der Waals surface area contributed by atoms with Gasteiger partial charge in [0, 0.05) is 12.1 Å². The highest BCUT2D eigenvalue weighted by molar-refractivity contribution is 5.95. The van der Waals surface area contributed by atoms with Crippen molar-refractivity contribution >= 4 is 5.91 Å². The molecule has 0 fully saturated rings. The van der Waals surface area contributed by atoms with Crippen LogP contribution >= 0.6 is 0 Å². The van der Waals surface area contributed by atoms with Crippen molar-refractivity contribution in [3.63, 3.8) is 0 Å². The lowest BCUT2D eigenvalue weighted by Gasteiger charge is -2.13. The Kier molecular flexibility index (Phi) is 6.67. The van der Waals surface area contributed by atoms with E-state index in [1.54, 1.807) is 0 Å². The summed E-state index contributed by atoms with van der Waals surface area (Å²) < 4.78 is 11.2. The van der Waals surface area contributed by atoms with Gasteiger partial charge in [0.15, 0.2) is 11.5 Å². The van der Waals surface area contributed by atoms with Crippen molar-refractivity contribution in [1.82, 2.24) is 5.32 Å². The largest absolute Gasteiger partial charge is 0.490 e. The van der Waals surface area contributed by atoms with Gasteiger partial charge in [-0.05, 0) is 56.5 Å². The van der Waals surface area contributed by atoms with E-state index in [2.05, 4.69) is 5.32 Å². The van der Waals surface area contributed by atoms with Crippen LogP contribution in [0.5, 0.6) is 11.5 Å². The molecule has 24 heavy (non-hydrogen) atoms. The summed E-state index contributed by atoms with van der Waals surface area (Å²) >= 11 is 0. The maximum Gasteiger partial charge on any atom is 0.251 e. The van der Waals surface area contributed by atoms with Gasteiger partial charge in [0.25, 0.3) is 5.91 Å². The second kappa shape index (κ2) is 8.96. The molecule has 0 saturated heterocycles. The minimum Gasteiger partial charge on any atom is -0.490 e. The van der Waals surface area contributed by atoms with Crippen LogP contribution in [0.25, 0.3) is 0 Å². The lowest BCUT2D eigenvalue weighted by Crippen LogP contribution is -2.26. The maximum atomic E-state index is 12.2. The number of nitrogens with one attached hydrogen (secondary N) is 1. The molecule has 0 aliphatic carbocycles. The van der Waals surface area contributed by atoms with E-state index in [0.717, 1.165) is 34.6 Å². The molecule has 2 rings (SSSR count). The third kappa shape index (κ3) is 4.75. The van der Waals surface area contributed by atoms with Crippen LogP contribution in [0.1, 0.15) is 35.3 Å². The highest BCUT2D eigenvalue weighted by Crippen LogP contribution is 2.28. The standard InChI is InChI=1S/C20H25NO3/c1-4-23-18-11-10-16(14-19(18)24-5-2)12-13-21-20(22)17-9-7-6-8-15(17)3/h6-11,14H,4-5,12-13H2,1-3H3,(H,21,22). The monoisotopic (exact) mass is 327 g/mol. The van der Waals surface area contributed by atoms with E-state index in [9.17, 15) is 4.79 Å². The van der Waals surface area contributed by atoms with Crippen molar-refractivity contribution < 1.29 is 14.3 Å². The number of ether oxygens (including phenoxy) is 2. The summed E-state index contributed by atoms with van der Waals surface area (Å²) in [6.07, 6.45) is 0.740. The molecule has 4 nitrogen and oxygen atoms in total. The van der Waals surface area contributed by atoms with E-state index in [1.807, 2.05) is 63.2 Å². The second-order valence-corrected chi connectivity index (χ2v) is 5.47. The molecule has 0 heterocycles. The first-order valence-corrected chi connectivity index (χ1v) is 8.38. The van der Waals surface area contributed by atoms with Gasteiger partial charge >= 0.3 is 0 Å². The zero-order valence-corrected chi connectivity index (χ0v) is 14.6. The van der Waals surface area contributed by atoms with E-state index in [-0.39, 0.29) is 5.91 Å². The third-order valence-electron chi connectivity index (χ3n) is 3.70. The molecular formula is C20H25NO3. The number of hydrogen-bond donors (Lipinski definition) is 1. The molecule has 1 N–H and O–H groups in total. The van der Waals surface area contributed by atoms with Crippen LogP contribution < -0.4 is 14.8 Å². The SMILES string of the molecule is CCOc1ccc(CCNC(=O)c2ccccc2C)cc1OCC. The van der Waals surface area contributed by atoms with Gasteiger partial charge in [-0.25, -0.2) is 0 Å². The quantitative estimate of drug-likeness (QED) is 0.803.